The van der Waals surface area contributed by atoms with E-state index in [-0.39, 0.29) is 0 Å². The maximum atomic E-state index is 12.9. The summed E-state index contributed by atoms with van der Waals surface area (Å²) in [5.41, 5.74) is 4.93. The van der Waals surface area contributed by atoms with E-state index in [2.05, 4.69) is 51.1 Å². The van der Waals surface area contributed by atoms with Gasteiger partial charge in [-0.3, -0.25) is 4.90 Å². The summed E-state index contributed by atoms with van der Waals surface area (Å²) in [6.45, 7) is 5.31. The molecule has 1 aliphatic rings. The second-order valence-electron chi connectivity index (χ2n) is 8.67. The molecule has 2 aromatic carbocycles. The molecule has 1 fully saturated rings. The molecule has 0 bridgehead atoms. The third-order valence-electron chi connectivity index (χ3n) is 6.34. The number of hydrogen-bond acceptors (Lipinski definition) is 3. The molecule has 0 saturated carbocycles. The molecule has 33 heavy (non-hydrogen) atoms. The van der Waals surface area contributed by atoms with Gasteiger partial charge in [0.25, 0.3) is 0 Å². The van der Waals surface area contributed by atoms with Gasteiger partial charge >= 0.3 is 6.18 Å². The molecule has 170 valence electrons. The fraction of sp³-hybridized carbons (Fsp3) is 0.269. The fourth-order valence-corrected chi connectivity index (χ4v) is 4.31. The smallest absolute Gasteiger partial charge is 0.346 e. The lowest BCUT2D eigenvalue weighted by atomic mass is 10.0. The van der Waals surface area contributed by atoms with Crippen molar-refractivity contribution in [2.24, 2.45) is 0 Å². The Kier molecular flexibility index (Phi) is 5.68. The van der Waals surface area contributed by atoms with Crippen LogP contribution in [0.15, 0.2) is 67.0 Å². The molecule has 1 saturated heterocycles. The number of pyridine rings is 1. The number of fused-ring (bicyclic) bond motifs is 1. The van der Waals surface area contributed by atoms with Gasteiger partial charge < -0.3 is 9.88 Å². The lowest BCUT2D eigenvalue weighted by Crippen LogP contribution is -2.43. The predicted octanol–water partition coefficient (Wildman–Crippen LogP) is 5.66. The van der Waals surface area contributed by atoms with Crippen LogP contribution in [-0.2, 0) is 12.7 Å². The largest absolute Gasteiger partial charge is 0.416 e. The van der Waals surface area contributed by atoms with Gasteiger partial charge in [0, 0.05) is 61.6 Å². The van der Waals surface area contributed by atoms with Crippen LogP contribution in [0.25, 0.3) is 33.3 Å². The van der Waals surface area contributed by atoms with E-state index >= 15 is 0 Å². The van der Waals surface area contributed by atoms with Crippen molar-refractivity contribution in [3.63, 3.8) is 0 Å². The Labute approximate surface area is 190 Å². The summed E-state index contributed by atoms with van der Waals surface area (Å²) in [5, 5.41) is 0.883. The molecule has 0 radical (unpaired) electrons. The molecular weight excluding hydrogens is 425 g/mol. The summed E-state index contributed by atoms with van der Waals surface area (Å²) in [4.78, 5) is 12.5. The molecule has 4 nitrogen and oxygen atoms in total. The number of aromatic amines is 1. The van der Waals surface area contributed by atoms with E-state index in [1.165, 1.54) is 17.7 Å². The van der Waals surface area contributed by atoms with Crippen LogP contribution < -0.4 is 0 Å². The maximum absolute atomic E-state index is 12.9. The Morgan fingerprint density at radius 2 is 1.55 bits per heavy atom. The molecule has 0 aliphatic carbocycles. The number of benzene rings is 2. The van der Waals surface area contributed by atoms with E-state index in [1.54, 1.807) is 6.20 Å². The number of hydrogen-bond donors (Lipinski definition) is 1. The fourth-order valence-electron chi connectivity index (χ4n) is 4.31. The van der Waals surface area contributed by atoms with Gasteiger partial charge in [0.15, 0.2) is 0 Å². The Balaban J connectivity index is 1.38. The van der Waals surface area contributed by atoms with E-state index in [0.717, 1.165) is 72.5 Å². The zero-order valence-electron chi connectivity index (χ0n) is 18.4. The van der Waals surface area contributed by atoms with Crippen molar-refractivity contribution in [1.29, 1.82) is 0 Å². The summed E-state index contributed by atoms with van der Waals surface area (Å²) >= 11 is 0. The van der Waals surface area contributed by atoms with Crippen LogP contribution in [0.4, 0.5) is 13.2 Å². The average Bonchev–Trinajstić information content (AvgIpc) is 3.24. The normalized spacial score (nSPS) is 15.9. The number of piperazine rings is 1. The van der Waals surface area contributed by atoms with Crippen molar-refractivity contribution in [1.82, 2.24) is 19.8 Å². The molecule has 3 heterocycles. The maximum Gasteiger partial charge on any atom is 0.416 e. The Morgan fingerprint density at radius 1 is 0.879 bits per heavy atom. The van der Waals surface area contributed by atoms with Gasteiger partial charge in [0.1, 0.15) is 5.65 Å². The summed E-state index contributed by atoms with van der Waals surface area (Å²) in [6, 6.07) is 15.8. The van der Waals surface area contributed by atoms with Gasteiger partial charge in [-0.05, 0) is 41.9 Å². The van der Waals surface area contributed by atoms with Crippen molar-refractivity contribution in [3.05, 3.63) is 78.1 Å². The number of H-pyrrole nitrogens is 1. The lowest BCUT2D eigenvalue weighted by Gasteiger charge is -2.32. The predicted molar refractivity (Wildman–Crippen MR) is 125 cm³/mol. The van der Waals surface area contributed by atoms with Gasteiger partial charge in [0.2, 0.25) is 0 Å². The SMILES string of the molecule is CN1CCN(Cc2ccc(-c3cnc4[nH]cc(-c5ccc(C(F)(F)F)cc5)c4c3)cc2)CC1. The van der Waals surface area contributed by atoms with Gasteiger partial charge in [-0.2, -0.15) is 13.2 Å². The van der Waals surface area contributed by atoms with E-state index in [1.807, 2.05) is 12.3 Å². The van der Waals surface area contributed by atoms with Gasteiger partial charge in [0.05, 0.1) is 5.56 Å². The first-order valence-corrected chi connectivity index (χ1v) is 11.0. The summed E-state index contributed by atoms with van der Waals surface area (Å²) in [6.07, 6.45) is -0.724. The van der Waals surface area contributed by atoms with Crippen molar-refractivity contribution in [2.45, 2.75) is 12.7 Å². The minimum atomic E-state index is -4.34. The number of nitrogens with zero attached hydrogens (tertiary/aromatic N) is 3. The topological polar surface area (TPSA) is 35.2 Å². The first kappa shape index (κ1) is 21.7. The van der Waals surface area contributed by atoms with Crippen LogP contribution in [0.1, 0.15) is 11.1 Å². The van der Waals surface area contributed by atoms with Crippen LogP contribution in [0, 0.1) is 0 Å². The van der Waals surface area contributed by atoms with Crippen molar-refractivity contribution in [2.75, 3.05) is 33.2 Å². The number of halogens is 3. The van der Waals surface area contributed by atoms with Crippen LogP contribution in [0.3, 0.4) is 0 Å². The van der Waals surface area contributed by atoms with Gasteiger partial charge in [-0.25, -0.2) is 4.98 Å². The molecule has 0 spiro atoms. The molecule has 0 atom stereocenters. The average molecular weight is 451 g/mol. The highest BCUT2D eigenvalue weighted by Crippen LogP contribution is 2.34. The molecule has 0 amide bonds. The Hall–Kier alpha value is -3.16. The van der Waals surface area contributed by atoms with Crippen LogP contribution in [-0.4, -0.2) is 53.0 Å². The first-order valence-electron chi connectivity index (χ1n) is 11.0. The minimum Gasteiger partial charge on any atom is -0.346 e. The highest BCUT2D eigenvalue weighted by molar-refractivity contribution is 5.95. The van der Waals surface area contributed by atoms with Crippen molar-refractivity contribution < 1.29 is 13.2 Å². The molecule has 2 aromatic heterocycles. The second-order valence-corrected chi connectivity index (χ2v) is 8.67. The number of nitrogens with one attached hydrogen (secondary N) is 1. The molecular formula is C26H25F3N4. The van der Waals surface area contributed by atoms with Crippen molar-refractivity contribution in [3.8, 4) is 22.3 Å². The van der Waals surface area contributed by atoms with Gasteiger partial charge in [-0.15, -0.1) is 0 Å². The zero-order chi connectivity index (χ0) is 23.0. The molecule has 0 unspecified atom stereocenters. The summed E-state index contributed by atoms with van der Waals surface area (Å²) < 4.78 is 38.7. The van der Waals surface area contributed by atoms with E-state index in [9.17, 15) is 13.2 Å². The minimum absolute atomic E-state index is 0.651. The number of likely N-dealkylation sites (N-methyl/N-ethyl adjacent to an activating group) is 1. The van der Waals surface area contributed by atoms with Crippen LogP contribution in [0.2, 0.25) is 0 Å². The molecule has 7 heteroatoms. The standard InChI is InChI=1S/C26H25F3N4/c1-32-10-12-33(13-11-32)17-18-2-4-19(5-3-18)21-14-23-24(16-31-25(23)30-15-21)20-6-8-22(9-7-20)26(27,28)29/h2-9,14-16H,10-13,17H2,1H3,(H,30,31). The number of alkyl halides is 3. The first-order chi connectivity index (χ1) is 15.9. The van der Waals surface area contributed by atoms with Gasteiger partial charge in [-0.1, -0.05) is 36.4 Å². The quantitative estimate of drug-likeness (QED) is 0.436. The van der Waals surface area contributed by atoms with E-state index < -0.39 is 11.7 Å². The molecule has 1 N–H and O–H groups in total. The monoisotopic (exact) mass is 450 g/mol. The summed E-state index contributed by atoms with van der Waals surface area (Å²) in [7, 11) is 2.16. The highest BCUT2D eigenvalue weighted by Gasteiger charge is 2.30. The van der Waals surface area contributed by atoms with Crippen LogP contribution in [0.5, 0.6) is 0 Å². The molecule has 4 aromatic rings. The van der Waals surface area contributed by atoms with E-state index in [4.69, 9.17) is 0 Å². The second kappa shape index (κ2) is 8.65. The highest BCUT2D eigenvalue weighted by atomic mass is 19.4. The number of aromatic nitrogens is 2. The summed E-state index contributed by atoms with van der Waals surface area (Å²) in [5.74, 6) is 0. The number of rotatable bonds is 4. The van der Waals surface area contributed by atoms with Crippen LogP contribution >= 0.6 is 0 Å². The third-order valence-corrected chi connectivity index (χ3v) is 6.34. The van der Waals surface area contributed by atoms with Crippen molar-refractivity contribution >= 4 is 11.0 Å². The lowest BCUT2D eigenvalue weighted by molar-refractivity contribution is -0.137. The Bertz CT molecular complexity index is 1240. The molecule has 1 aliphatic heterocycles. The Morgan fingerprint density at radius 3 is 2.21 bits per heavy atom. The zero-order valence-corrected chi connectivity index (χ0v) is 18.4. The van der Waals surface area contributed by atoms with E-state index in [0.29, 0.717) is 5.65 Å². The molecule has 5 rings (SSSR count). The third kappa shape index (κ3) is 4.65.